The first-order chi connectivity index (χ1) is 16.0. The molecule has 5 nitrogen and oxygen atoms in total. The molecule has 0 aliphatic rings. The van der Waals surface area contributed by atoms with Gasteiger partial charge in [0.05, 0.1) is 16.0 Å². The van der Waals surface area contributed by atoms with Crippen LogP contribution in [0.1, 0.15) is 17.5 Å². The molecule has 0 spiro atoms. The summed E-state index contributed by atoms with van der Waals surface area (Å²) in [6.45, 7) is 1.92. The van der Waals surface area contributed by atoms with Crippen molar-refractivity contribution in [2.24, 2.45) is 0 Å². The van der Waals surface area contributed by atoms with Crippen LogP contribution in [-0.2, 0) is 16.0 Å². The fourth-order valence-electron chi connectivity index (χ4n) is 3.21. The van der Waals surface area contributed by atoms with Crippen LogP contribution < -0.4 is 10.6 Å². The summed E-state index contributed by atoms with van der Waals surface area (Å²) in [6.07, 6.45) is 1.13. The number of halogens is 1. The van der Waals surface area contributed by atoms with Crippen LogP contribution in [-0.4, -0.2) is 22.6 Å². The van der Waals surface area contributed by atoms with E-state index in [1.165, 1.54) is 23.1 Å². The van der Waals surface area contributed by atoms with Crippen LogP contribution >= 0.6 is 34.7 Å². The van der Waals surface area contributed by atoms with E-state index in [0.29, 0.717) is 23.6 Å². The number of amides is 2. The lowest BCUT2D eigenvalue weighted by Crippen LogP contribution is -2.14. The van der Waals surface area contributed by atoms with Gasteiger partial charge in [-0.2, -0.15) is 0 Å². The van der Waals surface area contributed by atoms with Gasteiger partial charge in [0.1, 0.15) is 0 Å². The zero-order chi connectivity index (χ0) is 23.2. The Labute approximate surface area is 205 Å². The highest BCUT2D eigenvalue weighted by Crippen LogP contribution is 2.31. The average Bonchev–Trinajstić information content (AvgIpc) is 3.22. The molecule has 0 fully saturated rings. The van der Waals surface area contributed by atoms with E-state index >= 15 is 0 Å². The molecule has 33 heavy (non-hydrogen) atoms. The second kappa shape index (κ2) is 10.8. The van der Waals surface area contributed by atoms with Gasteiger partial charge in [-0.05, 0) is 54.8 Å². The number of hydrogen-bond acceptors (Lipinski definition) is 5. The van der Waals surface area contributed by atoms with Crippen LogP contribution in [0.2, 0.25) is 5.02 Å². The van der Waals surface area contributed by atoms with Crippen LogP contribution in [0, 0.1) is 6.92 Å². The van der Waals surface area contributed by atoms with Crippen molar-refractivity contribution in [2.75, 3.05) is 16.4 Å². The third-order valence-corrected chi connectivity index (χ3v) is 7.33. The third-order valence-electron chi connectivity index (χ3n) is 4.94. The second-order valence-corrected chi connectivity index (χ2v) is 10.2. The Morgan fingerprint density at radius 1 is 1.00 bits per heavy atom. The minimum absolute atomic E-state index is 0.0229. The number of fused-ring (bicyclic) bond motifs is 1. The predicted octanol–water partition coefficient (Wildman–Crippen LogP) is 6.56. The van der Waals surface area contributed by atoms with Crippen molar-refractivity contribution in [3.63, 3.8) is 0 Å². The van der Waals surface area contributed by atoms with Crippen molar-refractivity contribution >= 4 is 68.1 Å². The van der Waals surface area contributed by atoms with Crippen molar-refractivity contribution in [3.8, 4) is 0 Å². The quantitative estimate of drug-likeness (QED) is 0.271. The van der Waals surface area contributed by atoms with Crippen molar-refractivity contribution < 1.29 is 9.59 Å². The SMILES string of the molecule is Cc1ccc(Cl)cc1NC(=O)CSc1nc2ccc(NC(=O)CCc3ccccc3)cc2s1. The van der Waals surface area contributed by atoms with Gasteiger partial charge in [-0.1, -0.05) is 59.8 Å². The van der Waals surface area contributed by atoms with E-state index in [9.17, 15) is 9.59 Å². The van der Waals surface area contributed by atoms with Crippen molar-refractivity contribution in [1.29, 1.82) is 0 Å². The normalized spacial score (nSPS) is 10.8. The molecule has 0 saturated carbocycles. The minimum Gasteiger partial charge on any atom is -0.326 e. The fraction of sp³-hybridized carbons (Fsp3) is 0.160. The van der Waals surface area contributed by atoms with Crippen molar-refractivity contribution in [3.05, 3.63) is 82.9 Å². The Bertz CT molecular complexity index is 1290. The van der Waals surface area contributed by atoms with Crippen LogP contribution in [0.3, 0.4) is 0 Å². The highest BCUT2D eigenvalue weighted by Gasteiger charge is 2.11. The minimum atomic E-state index is -0.115. The molecule has 0 bridgehead atoms. The van der Waals surface area contributed by atoms with Crippen LogP contribution in [0.25, 0.3) is 10.2 Å². The van der Waals surface area contributed by atoms with Crippen molar-refractivity contribution in [1.82, 2.24) is 4.98 Å². The molecule has 4 aromatic rings. The number of nitrogens with zero attached hydrogens (tertiary/aromatic N) is 1. The summed E-state index contributed by atoms with van der Waals surface area (Å²) in [6, 6.07) is 21.0. The number of aryl methyl sites for hydroxylation is 2. The van der Waals surface area contributed by atoms with Gasteiger partial charge in [-0.3, -0.25) is 9.59 Å². The number of carbonyl (C=O) groups is 2. The van der Waals surface area contributed by atoms with Gasteiger partial charge < -0.3 is 10.6 Å². The van der Waals surface area contributed by atoms with Crippen LogP contribution in [0.5, 0.6) is 0 Å². The molecule has 0 atom stereocenters. The molecule has 168 valence electrons. The molecule has 0 radical (unpaired) electrons. The fourth-order valence-corrected chi connectivity index (χ4v) is 5.29. The zero-order valence-corrected chi connectivity index (χ0v) is 20.3. The first kappa shape index (κ1) is 23.3. The van der Waals surface area contributed by atoms with E-state index in [1.54, 1.807) is 12.1 Å². The topological polar surface area (TPSA) is 71.1 Å². The summed E-state index contributed by atoms with van der Waals surface area (Å²) in [7, 11) is 0. The molecule has 2 amide bonds. The monoisotopic (exact) mass is 495 g/mol. The number of anilines is 2. The molecule has 0 aliphatic heterocycles. The Balaban J connectivity index is 1.32. The van der Waals surface area contributed by atoms with Crippen LogP contribution in [0.15, 0.2) is 71.1 Å². The number of thioether (sulfide) groups is 1. The Hall–Kier alpha value is -2.87. The summed E-state index contributed by atoms with van der Waals surface area (Å²) in [5.41, 5.74) is 4.40. The number of benzene rings is 3. The lowest BCUT2D eigenvalue weighted by molar-refractivity contribution is -0.116. The van der Waals surface area contributed by atoms with E-state index in [0.717, 1.165) is 31.4 Å². The maximum absolute atomic E-state index is 12.4. The van der Waals surface area contributed by atoms with Gasteiger partial charge in [0.2, 0.25) is 11.8 Å². The van der Waals surface area contributed by atoms with Gasteiger partial charge in [0, 0.05) is 22.8 Å². The lowest BCUT2D eigenvalue weighted by atomic mass is 10.1. The standard InChI is InChI=1S/C25H22ClN3O2S2/c1-16-7-9-18(26)13-21(16)28-24(31)15-32-25-29-20-11-10-19(14-22(20)33-25)27-23(30)12-8-17-5-3-2-4-6-17/h2-7,9-11,13-14H,8,12,15H2,1H3,(H,27,30)(H,28,31). The molecule has 1 heterocycles. The smallest absolute Gasteiger partial charge is 0.234 e. The Morgan fingerprint density at radius 2 is 1.82 bits per heavy atom. The zero-order valence-electron chi connectivity index (χ0n) is 17.9. The van der Waals surface area contributed by atoms with E-state index in [2.05, 4.69) is 15.6 Å². The van der Waals surface area contributed by atoms with Gasteiger partial charge in [0.15, 0.2) is 4.34 Å². The number of hydrogen-bond donors (Lipinski definition) is 2. The molecule has 4 rings (SSSR count). The molecule has 3 aromatic carbocycles. The van der Waals surface area contributed by atoms with E-state index < -0.39 is 0 Å². The molecule has 1 aromatic heterocycles. The van der Waals surface area contributed by atoms with Crippen molar-refractivity contribution in [2.45, 2.75) is 24.1 Å². The van der Waals surface area contributed by atoms with Gasteiger partial charge in [-0.25, -0.2) is 4.98 Å². The van der Waals surface area contributed by atoms with E-state index in [1.807, 2.05) is 61.5 Å². The summed E-state index contributed by atoms with van der Waals surface area (Å²) >= 11 is 8.90. The lowest BCUT2D eigenvalue weighted by Gasteiger charge is -2.08. The summed E-state index contributed by atoms with van der Waals surface area (Å²) in [4.78, 5) is 29.3. The van der Waals surface area contributed by atoms with E-state index in [4.69, 9.17) is 11.6 Å². The number of carbonyl (C=O) groups excluding carboxylic acids is 2. The number of nitrogens with one attached hydrogen (secondary N) is 2. The molecular weight excluding hydrogens is 474 g/mol. The van der Waals surface area contributed by atoms with E-state index in [-0.39, 0.29) is 17.6 Å². The average molecular weight is 496 g/mol. The summed E-state index contributed by atoms with van der Waals surface area (Å²) in [5, 5.41) is 6.43. The highest BCUT2D eigenvalue weighted by atomic mass is 35.5. The van der Waals surface area contributed by atoms with Gasteiger partial charge in [-0.15, -0.1) is 11.3 Å². The molecule has 8 heteroatoms. The number of rotatable bonds is 8. The van der Waals surface area contributed by atoms with Gasteiger partial charge >= 0.3 is 0 Å². The Morgan fingerprint density at radius 3 is 2.64 bits per heavy atom. The molecule has 0 unspecified atom stereocenters. The third kappa shape index (κ3) is 6.57. The maximum Gasteiger partial charge on any atom is 0.234 e. The highest BCUT2D eigenvalue weighted by molar-refractivity contribution is 8.01. The Kier molecular flexibility index (Phi) is 7.65. The maximum atomic E-state index is 12.4. The summed E-state index contributed by atoms with van der Waals surface area (Å²) in [5.74, 6) is 0.107. The first-order valence-electron chi connectivity index (χ1n) is 10.4. The largest absolute Gasteiger partial charge is 0.326 e. The second-order valence-electron chi connectivity index (χ2n) is 7.49. The molecule has 0 aliphatic carbocycles. The van der Waals surface area contributed by atoms with Crippen LogP contribution in [0.4, 0.5) is 11.4 Å². The number of aromatic nitrogens is 1. The predicted molar refractivity (Wildman–Crippen MR) is 139 cm³/mol. The molecule has 0 saturated heterocycles. The van der Waals surface area contributed by atoms with Gasteiger partial charge in [0.25, 0.3) is 0 Å². The molecule has 2 N–H and O–H groups in total. The number of thiazole rings is 1. The first-order valence-corrected chi connectivity index (χ1v) is 12.6. The molecular formula is C25H22ClN3O2S2. The summed E-state index contributed by atoms with van der Waals surface area (Å²) < 4.78 is 1.76.